The van der Waals surface area contributed by atoms with Crippen LogP contribution in [0.5, 0.6) is 0 Å². The summed E-state index contributed by atoms with van der Waals surface area (Å²) in [6, 6.07) is 7.67. The molecule has 0 bridgehead atoms. The van der Waals surface area contributed by atoms with E-state index in [9.17, 15) is 5.11 Å². The Hall–Kier alpha value is -1.43. The van der Waals surface area contributed by atoms with Crippen molar-refractivity contribution in [1.82, 2.24) is 19.9 Å². The molecule has 2 heterocycles. The molecule has 0 saturated carbocycles. The van der Waals surface area contributed by atoms with E-state index in [2.05, 4.69) is 15.2 Å². The lowest BCUT2D eigenvalue weighted by Gasteiger charge is -2.33. The van der Waals surface area contributed by atoms with Crippen LogP contribution in [0.1, 0.15) is 32.4 Å². The average molecular weight is 321 g/mol. The Kier molecular flexibility index (Phi) is 4.21. The topological polar surface area (TPSA) is 54.2 Å². The first-order chi connectivity index (χ1) is 10.4. The Morgan fingerprint density at radius 3 is 2.73 bits per heavy atom. The predicted octanol–water partition coefficient (Wildman–Crippen LogP) is 2.66. The highest BCUT2D eigenvalue weighted by atomic mass is 35.5. The van der Waals surface area contributed by atoms with Gasteiger partial charge in [0, 0.05) is 17.6 Å². The minimum absolute atomic E-state index is 0.174. The van der Waals surface area contributed by atoms with Crippen molar-refractivity contribution in [3.05, 3.63) is 41.2 Å². The largest absolute Gasteiger partial charge is 0.389 e. The van der Waals surface area contributed by atoms with E-state index in [0.717, 1.165) is 30.8 Å². The number of nitrogens with zero attached hydrogens (tertiary/aromatic N) is 4. The fraction of sp³-hybridized carbons (Fsp3) is 0.500. The zero-order chi connectivity index (χ0) is 15.7. The maximum absolute atomic E-state index is 10.3. The number of aromatic nitrogens is 3. The van der Waals surface area contributed by atoms with Crippen molar-refractivity contribution >= 4 is 11.6 Å². The van der Waals surface area contributed by atoms with Crippen LogP contribution in [0.2, 0.25) is 5.02 Å². The Morgan fingerprint density at radius 1 is 1.32 bits per heavy atom. The maximum Gasteiger partial charge on any atom is 0.0971 e. The Balaban J connectivity index is 1.73. The van der Waals surface area contributed by atoms with Crippen LogP contribution in [0.25, 0.3) is 5.69 Å². The van der Waals surface area contributed by atoms with Gasteiger partial charge >= 0.3 is 0 Å². The van der Waals surface area contributed by atoms with Gasteiger partial charge in [0.05, 0.1) is 23.2 Å². The van der Waals surface area contributed by atoms with Crippen molar-refractivity contribution < 1.29 is 5.11 Å². The third-order valence-electron chi connectivity index (χ3n) is 4.18. The lowest BCUT2D eigenvalue weighted by molar-refractivity contribution is -0.00537. The van der Waals surface area contributed by atoms with Gasteiger partial charge in [-0.3, -0.25) is 4.90 Å². The molecule has 0 spiro atoms. The summed E-state index contributed by atoms with van der Waals surface area (Å²) < 4.78 is 1.75. The molecule has 5 nitrogen and oxygen atoms in total. The molecule has 118 valence electrons. The summed E-state index contributed by atoms with van der Waals surface area (Å²) >= 11 is 5.90. The molecule has 1 saturated heterocycles. The highest BCUT2D eigenvalue weighted by Crippen LogP contribution is 2.27. The molecule has 0 amide bonds. The molecule has 1 fully saturated rings. The van der Waals surface area contributed by atoms with Gasteiger partial charge in [0.2, 0.25) is 0 Å². The van der Waals surface area contributed by atoms with Crippen molar-refractivity contribution in [3.63, 3.8) is 0 Å². The summed E-state index contributed by atoms with van der Waals surface area (Å²) in [6.07, 6.45) is 4.07. The second kappa shape index (κ2) is 5.99. The molecule has 0 aliphatic carbocycles. The molecule has 1 unspecified atom stereocenters. The normalized spacial score (nSPS) is 19.7. The average Bonchev–Trinajstić information content (AvgIpc) is 3.09. The SMILES string of the molecule is CC(C)(O)C1CCCN1Cc1cn(-c2ccc(Cl)cc2)nn1. The number of rotatable bonds is 4. The molecule has 1 aliphatic heterocycles. The molecule has 1 atom stereocenters. The summed E-state index contributed by atoms with van der Waals surface area (Å²) in [5, 5.41) is 19.4. The summed E-state index contributed by atoms with van der Waals surface area (Å²) in [4.78, 5) is 2.29. The molecule has 1 N–H and O–H groups in total. The van der Waals surface area contributed by atoms with Crippen LogP contribution in [0.3, 0.4) is 0 Å². The van der Waals surface area contributed by atoms with E-state index in [1.54, 1.807) is 4.68 Å². The van der Waals surface area contributed by atoms with E-state index in [-0.39, 0.29) is 6.04 Å². The Morgan fingerprint density at radius 2 is 2.05 bits per heavy atom. The summed E-state index contributed by atoms with van der Waals surface area (Å²) in [5.41, 5.74) is 1.15. The lowest BCUT2D eigenvalue weighted by atomic mass is 9.96. The number of hydrogen-bond acceptors (Lipinski definition) is 4. The summed E-state index contributed by atoms with van der Waals surface area (Å²) in [6.45, 7) is 5.45. The van der Waals surface area contributed by atoms with E-state index in [0.29, 0.717) is 11.6 Å². The van der Waals surface area contributed by atoms with Crippen LogP contribution in [0, 0.1) is 0 Å². The number of aliphatic hydroxyl groups is 1. The van der Waals surface area contributed by atoms with Crippen LogP contribution in [-0.4, -0.2) is 43.2 Å². The van der Waals surface area contributed by atoms with Crippen molar-refractivity contribution in [2.75, 3.05) is 6.54 Å². The van der Waals surface area contributed by atoms with E-state index in [1.165, 1.54) is 0 Å². The molecular formula is C16H21ClN4O. The fourth-order valence-corrected chi connectivity index (χ4v) is 3.24. The van der Waals surface area contributed by atoms with Gasteiger partial charge in [-0.2, -0.15) is 0 Å². The third-order valence-corrected chi connectivity index (χ3v) is 4.43. The van der Waals surface area contributed by atoms with Gasteiger partial charge in [0.15, 0.2) is 0 Å². The highest BCUT2D eigenvalue weighted by molar-refractivity contribution is 6.30. The van der Waals surface area contributed by atoms with Gasteiger partial charge < -0.3 is 5.11 Å². The number of hydrogen-bond donors (Lipinski definition) is 1. The van der Waals surface area contributed by atoms with Gasteiger partial charge in [0.1, 0.15) is 0 Å². The quantitative estimate of drug-likeness (QED) is 0.941. The molecule has 22 heavy (non-hydrogen) atoms. The Bertz CT molecular complexity index is 632. The molecule has 1 aromatic carbocycles. The van der Waals surface area contributed by atoms with Crippen molar-refractivity contribution in [3.8, 4) is 5.69 Å². The van der Waals surface area contributed by atoms with Gasteiger partial charge in [-0.15, -0.1) is 5.10 Å². The number of likely N-dealkylation sites (tertiary alicyclic amines) is 1. The minimum atomic E-state index is -0.692. The van der Waals surface area contributed by atoms with Crippen LogP contribution in [0.15, 0.2) is 30.5 Å². The predicted molar refractivity (Wildman–Crippen MR) is 86.1 cm³/mol. The molecular weight excluding hydrogens is 300 g/mol. The van der Waals surface area contributed by atoms with Crippen LogP contribution in [0.4, 0.5) is 0 Å². The third kappa shape index (κ3) is 3.32. The minimum Gasteiger partial charge on any atom is -0.389 e. The highest BCUT2D eigenvalue weighted by Gasteiger charge is 2.35. The smallest absolute Gasteiger partial charge is 0.0971 e. The molecule has 6 heteroatoms. The van der Waals surface area contributed by atoms with Gasteiger partial charge in [-0.25, -0.2) is 4.68 Å². The van der Waals surface area contributed by atoms with Crippen molar-refractivity contribution in [1.29, 1.82) is 0 Å². The summed E-state index contributed by atoms with van der Waals surface area (Å²) in [5.74, 6) is 0. The zero-order valence-corrected chi connectivity index (χ0v) is 13.7. The van der Waals surface area contributed by atoms with Crippen LogP contribution in [-0.2, 0) is 6.54 Å². The first-order valence-corrected chi connectivity index (χ1v) is 7.95. The molecule has 2 aromatic rings. The molecule has 0 radical (unpaired) electrons. The van der Waals surface area contributed by atoms with E-state index in [4.69, 9.17) is 11.6 Å². The van der Waals surface area contributed by atoms with E-state index < -0.39 is 5.60 Å². The summed E-state index contributed by atoms with van der Waals surface area (Å²) in [7, 11) is 0. The first kappa shape index (κ1) is 15.5. The van der Waals surface area contributed by atoms with Crippen LogP contribution >= 0.6 is 11.6 Å². The maximum atomic E-state index is 10.3. The van der Waals surface area contributed by atoms with E-state index in [1.807, 2.05) is 44.3 Å². The first-order valence-electron chi connectivity index (χ1n) is 7.57. The van der Waals surface area contributed by atoms with Crippen molar-refractivity contribution in [2.24, 2.45) is 0 Å². The second-order valence-electron chi connectivity index (χ2n) is 6.41. The fourth-order valence-electron chi connectivity index (χ4n) is 3.11. The Labute approximate surface area is 135 Å². The zero-order valence-electron chi connectivity index (χ0n) is 12.9. The number of benzene rings is 1. The monoisotopic (exact) mass is 320 g/mol. The molecule has 1 aliphatic rings. The van der Waals surface area contributed by atoms with Gasteiger partial charge in [0.25, 0.3) is 0 Å². The van der Waals surface area contributed by atoms with Gasteiger partial charge in [-0.05, 0) is 57.5 Å². The molecule has 3 rings (SSSR count). The standard InChI is InChI=1S/C16H21ClN4O/c1-16(2,22)15-4-3-9-20(15)10-13-11-21(19-18-13)14-7-5-12(17)6-8-14/h5-8,11,15,22H,3-4,9-10H2,1-2H3. The lowest BCUT2D eigenvalue weighted by Crippen LogP contribution is -2.45. The molecule has 1 aromatic heterocycles. The van der Waals surface area contributed by atoms with E-state index >= 15 is 0 Å². The number of halogens is 1. The van der Waals surface area contributed by atoms with Crippen LogP contribution < -0.4 is 0 Å². The van der Waals surface area contributed by atoms with Gasteiger partial charge in [-0.1, -0.05) is 16.8 Å². The van der Waals surface area contributed by atoms with Crippen molar-refractivity contribution in [2.45, 2.75) is 44.9 Å². The second-order valence-corrected chi connectivity index (χ2v) is 6.85.